The molecular formula is C16H18N2O4. The molecule has 6 nitrogen and oxygen atoms in total. The summed E-state index contributed by atoms with van der Waals surface area (Å²) in [6.45, 7) is 1.17. The zero-order chi connectivity index (χ0) is 16.5. The first-order chi connectivity index (χ1) is 10.4. The number of hydrogen-bond acceptors (Lipinski definition) is 4. The minimum absolute atomic E-state index is 0.510. The van der Waals surface area contributed by atoms with Crippen molar-refractivity contribution in [2.45, 2.75) is 18.9 Å². The number of nitrogens with zero attached hydrogens (tertiary/aromatic N) is 2. The number of carboxylic acids is 2. The Kier molecular flexibility index (Phi) is 6.80. The Bertz CT molecular complexity index is 588. The first-order valence-corrected chi connectivity index (χ1v) is 6.69. The minimum Gasteiger partial charge on any atom is -0.478 e. The summed E-state index contributed by atoms with van der Waals surface area (Å²) in [4.78, 5) is 25.6. The molecule has 0 bridgehead atoms. The van der Waals surface area contributed by atoms with Gasteiger partial charge in [0.25, 0.3) is 0 Å². The second-order valence-electron chi connectivity index (χ2n) is 4.80. The van der Waals surface area contributed by atoms with E-state index in [2.05, 4.69) is 28.9 Å². The summed E-state index contributed by atoms with van der Waals surface area (Å²) >= 11 is 0. The molecule has 2 rings (SSSR count). The lowest BCUT2D eigenvalue weighted by Crippen LogP contribution is -2.17. The van der Waals surface area contributed by atoms with Gasteiger partial charge in [0.05, 0.1) is 0 Å². The molecule has 1 aromatic heterocycles. The average molecular weight is 302 g/mol. The van der Waals surface area contributed by atoms with Crippen molar-refractivity contribution in [1.82, 2.24) is 9.88 Å². The lowest BCUT2D eigenvalue weighted by atomic mass is 10.1. The van der Waals surface area contributed by atoms with Crippen LogP contribution >= 0.6 is 0 Å². The Morgan fingerprint density at radius 2 is 2.00 bits per heavy atom. The maximum atomic E-state index is 9.55. The normalized spacial score (nSPS) is 17.5. The molecule has 0 aromatic carbocycles. The summed E-state index contributed by atoms with van der Waals surface area (Å²) in [5, 5.41) is 15.6. The molecule has 22 heavy (non-hydrogen) atoms. The molecule has 1 fully saturated rings. The Morgan fingerprint density at radius 1 is 1.36 bits per heavy atom. The van der Waals surface area contributed by atoms with Crippen molar-refractivity contribution in [2.75, 3.05) is 13.6 Å². The highest BCUT2D eigenvalue weighted by Gasteiger charge is 2.22. The fourth-order valence-electron chi connectivity index (χ4n) is 2.19. The quantitative estimate of drug-likeness (QED) is 0.650. The first-order valence-electron chi connectivity index (χ1n) is 6.69. The molecule has 0 spiro atoms. The van der Waals surface area contributed by atoms with Crippen molar-refractivity contribution in [2.24, 2.45) is 0 Å². The number of hydrogen-bond donors (Lipinski definition) is 2. The van der Waals surface area contributed by atoms with Gasteiger partial charge in [-0.05, 0) is 38.1 Å². The summed E-state index contributed by atoms with van der Waals surface area (Å²) in [7, 11) is 2.15. The summed E-state index contributed by atoms with van der Waals surface area (Å²) in [6.07, 6.45) is 12.6. The summed E-state index contributed by atoms with van der Waals surface area (Å²) < 4.78 is 0. The van der Waals surface area contributed by atoms with Crippen molar-refractivity contribution in [3.8, 4) is 12.3 Å². The number of carboxylic acid groups (broad SMARTS) is 2. The molecule has 0 aliphatic carbocycles. The molecule has 2 heterocycles. The van der Waals surface area contributed by atoms with Crippen LogP contribution in [0.2, 0.25) is 0 Å². The predicted molar refractivity (Wildman–Crippen MR) is 81.2 cm³/mol. The number of rotatable bonds is 3. The molecule has 116 valence electrons. The number of aliphatic carboxylic acids is 2. The van der Waals surface area contributed by atoms with Gasteiger partial charge in [0.2, 0.25) is 0 Å². The van der Waals surface area contributed by atoms with Gasteiger partial charge in [0, 0.05) is 36.2 Å². The van der Waals surface area contributed by atoms with Crippen LogP contribution in [0.1, 0.15) is 30.0 Å². The fraction of sp³-hybridized carbons (Fsp3) is 0.312. The van der Waals surface area contributed by atoms with Gasteiger partial charge < -0.3 is 10.2 Å². The molecule has 1 saturated heterocycles. The molecule has 2 N–H and O–H groups in total. The molecule has 1 aliphatic heterocycles. The van der Waals surface area contributed by atoms with Crippen molar-refractivity contribution < 1.29 is 19.8 Å². The maximum Gasteiger partial charge on any atom is 0.328 e. The average Bonchev–Trinajstić information content (AvgIpc) is 2.92. The predicted octanol–water partition coefficient (Wildman–Crippen LogP) is 1.54. The van der Waals surface area contributed by atoms with Gasteiger partial charge >= 0.3 is 11.9 Å². The Hall–Kier alpha value is -2.65. The third-order valence-electron chi connectivity index (χ3n) is 3.20. The van der Waals surface area contributed by atoms with Gasteiger partial charge in [0.1, 0.15) is 0 Å². The van der Waals surface area contributed by atoms with Crippen LogP contribution in [0, 0.1) is 12.3 Å². The zero-order valence-corrected chi connectivity index (χ0v) is 12.3. The van der Waals surface area contributed by atoms with E-state index in [0.717, 1.165) is 5.56 Å². The third kappa shape index (κ3) is 5.77. The van der Waals surface area contributed by atoms with Gasteiger partial charge in [-0.2, -0.15) is 0 Å². The van der Waals surface area contributed by atoms with Crippen molar-refractivity contribution in [3.05, 3.63) is 41.7 Å². The zero-order valence-electron chi connectivity index (χ0n) is 12.3. The second-order valence-corrected chi connectivity index (χ2v) is 4.80. The minimum atomic E-state index is -1.26. The van der Waals surface area contributed by atoms with Gasteiger partial charge in [-0.25, -0.2) is 9.59 Å². The van der Waals surface area contributed by atoms with Crippen LogP contribution < -0.4 is 0 Å². The molecule has 0 radical (unpaired) electrons. The molecule has 0 saturated carbocycles. The fourth-order valence-corrected chi connectivity index (χ4v) is 2.19. The number of likely N-dealkylation sites (tertiary alicyclic amines) is 1. The Balaban J connectivity index is 0.000000261. The summed E-state index contributed by atoms with van der Waals surface area (Å²) in [6, 6.07) is 2.58. The monoisotopic (exact) mass is 302 g/mol. The Labute approximate surface area is 129 Å². The second kappa shape index (κ2) is 8.60. The summed E-state index contributed by atoms with van der Waals surface area (Å²) in [5.41, 5.74) is 2.13. The highest BCUT2D eigenvalue weighted by Crippen LogP contribution is 2.29. The third-order valence-corrected chi connectivity index (χ3v) is 3.20. The molecule has 1 aromatic rings. The van der Waals surface area contributed by atoms with Gasteiger partial charge in [-0.3, -0.25) is 9.88 Å². The maximum absolute atomic E-state index is 9.55. The van der Waals surface area contributed by atoms with E-state index < -0.39 is 11.9 Å². The van der Waals surface area contributed by atoms with Crippen molar-refractivity contribution >= 4 is 11.9 Å². The van der Waals surface area contributed by atoms with E-state index in [1.807, 2.05) is 6.20 Å². The number of carbonyl (C=O) groups is 2. The molecule has 0 amide bonds. The van der Waals surface area contributed by atoms with Crippen molar-refractivity contribution in [1.29, 1.82) is 0 Å². The van der Waals surface area contributed by atoms with E-state index in [1.165, 1.54) is 24.9 Å². The smallest absolute Gasteiger partial charge is 0.328 e. The van der Waals surface area contributed by atoms with E-state index in [4.69, 9.17) is 16.6 Å². The number of aromatic nitrogens is 1. The van der Waals surface area contributed by atoms with Crippen LogP contribution in [-0.2, 0) is 9.59 Å². The van der Waals surface area contributed by atoms with Crippen LogP contribution in [0.4, 0.5) is 0 Å². The van der Waals surface area contributed by atoms with Crippen LogP contribution in [0.25, 0.3) is 0 Å². The van der Waals surface area contributed by atoms with Crippen LogP contribution in [0.5, 0.6) is 0 Å². The van der Waals surface area contributed by atoms with E-state index in [9.17, 15) is 9.59 Å². The van der Waals surface area contributed by atoms with Gasteiger partial charge in [-0.1, -0.05) is 5.92 Å². The van der Waals surface area contributed by atoms with Gasteiger partial charge in [0.15, 0.2) is 0 Å². The van der Waals surface area contributed by atoms with E-state index >= 15 is 0 Å². The van der Waals surface area contributed by atoms with Crippen LogP contribution in [-0.4, -0.2) is 45.6 Å². The molecule has 0 unspecified atom stereocenters. The highest BCUT2D eigenvalue weighted by atomic mass is 16.4. The number of pyridine rings is 1. The molecule has 1 aliphatic rings. The van der Waals surface area contributed by atoms with E-state index in [-0.39, 0.29) is 0 Å². The van der Waals surface area contributed by atoms with Crippen LogP contribution in [0.15, 0.2) is 30.6 Å². The van der Waals surface area contributed by atoms with Crippen molar-refractivity contribution in [3.63, 3.8) is 0 Å². The van der Waals surface area contributed by atoms with Gasteiger partial charge in [-0.15, -0.1) is 6.42 Å². The molecule has 1 atom stereocenters. The van der Waals surface area contributed by atoms with E-state index in [1.54, 1.807) is 6.20 Å². The Morgan fingerprint density at radius 3 is 2.45 bits per heavy atom. The summed E-state index contributed by atoms with van der Waals surface area (Å²) in [5.74, 6) is 0.111. The molecular weight excluding hydrogens is 284 g/mol. The van der Waals surface area contributed by atoms with E-state index in [0.29, 0.717) is 18.2 Å². The molecule has 6 heteroatoms. The highest BCUT2D eigenvalue weighted by molar-refractivity contribution is 5.89. The SMILES string of the molecule is C#Cc1cncc([C@H]2CCCN2C)c1.O=C(O)/C=C\C(=O)O. The number of terminal acetylenes is 1. The lowest BCUT2D eigenvalue weighted by molar-refractivity contribution is -0.134. The first kappa shape index (κ1) is 17.4. The standard InChI is InChI=1S/C12H14N2.C4H4O4/c1-3-10-7-11(9-13-8-10)12-5-4-6-14(12)2;5-3(6)1-2-4(7)8/h1,7-9,12H,4-6H2,2H3;1-2H,(H,5,6)(H,7,8)/b;2-1-/t12-;/m1./s1. The lowest BCUT2D eigenvalue weighted by Gasteiger charge is -2.19. The van der Waals surface area contributed by atoms with Crippen LogP contribution in [0.3, 0.4) is 0 Å². The topological polar surface area (TPSA) is 90.7 Å². The largest absolute Gasteiger partial charge is 0.478 e.